The molecule has 0 saturated carbocycles. The molecule has 1 atom stereocenters. The number of benzene rings is 2. The van der Waals surface area contributed by atoms with E-state index in [2.05, 4.69) is 33.8 Å². The number of aromatic nitrogens is 4. The van der Waals surface area contributed by atoms with E-state index < -0.39 is 0 Å². The van der Waals surface area contributed by atoms with Gasteiger partial charge in [0.1, 0.15) is 28.5 Å². The summed E-state index contributed by atoms with van der Waals surface area (Å²) < 4.78 is 10.8. The smallest absolute Gasteiger partial charge is 0.177 e. The van der Waals surface area contributed by atoms with Crippen LogP contribution in [0.2, 0.25) is 0 Å². The molecule has 9 nitrogen and oxygen atoms in total. The molecule has 4 aromatic rings. The van der Waals surface area contributed by atoms with E-state index in [0.717, 1.165) is 49.3 Å². The number of nitriles is 1. The molecule has 9 heteroatoms. The van der Waals surface area contributed by atoms with Crippen molar-refractivity contribution >= 4 is 22.6 Å². The van der Waals surface area contributed by atoms with Gasteiger partial charge in [0.05, 0.1) is 32.0 Å². The lowest BCUT2D eigenvalue weighted by Crippen LogP contribution is -2.44. The van der Waals surface area contributed by atoms with Gasteiger partial charge in [0.2, 0.25) is 0 Å². The van der Waals surface area contributed by atoms with Crippen LogP contribution < -0.4 is 20.1 Å². The average molecular weight is 508 g/mol. The van der Waals surface area contributed by atoms with Crippen LogP contribution in [0.1, 0.15) is 46.8 Å². The number of ether oxygens (including phenoxy) is 2. The molecule has 2 aliphatic rings. The Labute approximate surface area is 220 Å². The number of anilines is 1. The third-order valence-electron chi connectivity index (χ3n) is 8.14. The normalized spacial score (nSPS) is 17.8. The van der Waals surface area contributed by atoms with Crippen molar-refractivity contribution in [3.63, 3.8) is 0 Å². The standard InChI is InChI=1S/C29H29N7O2/c1-17(20-11-21(37-2)13-22(12-20)38-3)25-26-28(35-34-25)33-24(16-32-26)36-8-6-29(7-9-36)14-19-5-4-18(15-30)10-23(19)27(29)31/h4-5,10-13,16,27H,1,6-9,14,31H2,2-3H3,(H,33,34,35)/t27-/m1/s1. The van der Waals surface area contributed by atoms with Gasteiger partial charge in [0.15, 0.2) is 5.65 Å². The topological polar surface area (TPSA) is 126 Å². The molecule has 2 aromatic carbocycles. The highest BCUT2D eigenvalue weighted by atomic mass is 16.5. The number of aromatic amines is 1. The Morgan fingerprint density at radius 1 is 1.16 bits per heavy atom. The second kappa shape index (κ2) is 9.15. The molecule has 1 aliphatic carbocycles. The highest BCUT2D eigenvalue weighted by molar-refractivity contribution is 5.91. The van der Waals surface area contributed by atoms with E-state index in [4.69, 9.17) is 25.2 Å². The molecule has 0 radical (unpaired) electrons. The summed E-state index contributed by atoms with van der Waals surface area (Å²) in [7, 11) is 3.23. The molecule has 0 amide bonds. The van der Waals surface area contributed by atoms with E-state index >= 15 is 0 Å². The molecule has 1 fully saturated rings. The zero-order valence-electron chi connectivity index (χ0n) is 21.5. The van der Waals surface area contributed by atoms with E-state index in [9.17, 15) is 5.26 Å². The summed E-state index contributed by atoms with van der Waals surface area (Å²) in [5.74, 6) is 2.16. The van der Waals surface area contributed by atoms with Crippen LogP contribution in [0.5, 0.6) is 11.5 Å². The van der Waals surface area contributed by atoms with Crippen molar-refractivity contribution in [2.75, 3.05) is 32.2 Å². The van der Waals surface area contributed by atoms with E-state index in [1.54, 1.807) is 20.4 Å². The van der Waals surface area contributed by atoms with E-state index in [1.807, 2.05) is 30.3 Å². The molecule has 1 spiro atoms. The molecule has 38 heavy (non-hydrogen) atoms. The molecule has 192 valence electrons. The minimum atomic E-state index is -0.0575. The van der Waals surface area contributed by atoms with E-state index in [-0.39, 0.29) is 11.5 Å². The lowest BCUT2D eigenvalue weighted by atomic mass is 9.73. The maximum Gasteiger partial charge on any atom is 0.177 e. The first-order valence-corrected chi connectivity index (χ1v) is 12.6. The number of nitrogens with one attached hydrogen (secondary N) is 1. The molecule has 0 unspecified atom stereocenters. The number of nitrogens with zero attached hydrogens (tertiary/aromatic N) is 5. The Morgan fingerprint density at radius 3 is 2.58 bits per heavy atom. The van der Waals surface area contributed by atoms with Crippen LogP contribution in [0.15, 0.2) is 49.2 Å². The van der Waals surface area contributed by atoms with Crippen LogP contribution in [0, 0.1) is 16.7 Å². The summed E-state index contributed by atoms with van der Waals surface area (Å²) in [5, 5.41) is 16.8. The predicted molar refractivity (Wildman–Crippen MR) is 145 cm³/mol. The molecule has 1 saturated heterocycles. The number of fused-ring (bicyclic) bond motifs is 2. The minimum absolute atomic E-state index is 0.0150. The fourth-order valence-electron chi connectivity index (χ4n) is 5.88. The summed E-state index contributed by atoms with van der Waals surface area (Å²) in [5.41, 5.74) is 13.3. The Hall–Kier alpha value is -4.42. The van der Waals surface area contributed by atoms with Gasteiger partial charge < -0.3 is 20.1 Å². The van der Waals surface area contributed by atoms with Gasteiger partial charge in [-0.1, -0.05) is 12.6 Å². The van der Waals surface area contributed by atoms with E-state index in [1.165, 1.54) is 5.56 Å². The van der Waals surface area contributed by atoms with Gasteiger partial charge in [-0.2, -0.15) is 10.4 Å². The Bertz CT molecular complexity index is 1570. The van der Waals surface area contributed by atoms with Crippen LogP contribution in [0.3, 0.4) is 0 Å². The first kappa shape index (κ1) is 23.9. The average Bonchev–Trinajstić information content (AvgIpc) is 3.50. The predicted octanol–water partition coefficient (Wildman–Crippen LogP) is 4.15. The minimum Gasteiger partial charge on any atom is -0.497 e. The first-order valence-electron chi connectivity index (χ1n) is 12.6. The van der Waals surface area contributed by atoms with Gasteiger partial charge in [-0.3, -0.25) is 5.10 Å². The largest absolute Gasteiger partial charge is 0.497 e. The van der Waals surface area contributed by atoms with Crippen LogP contribution in [-0.2, 0) is 6.42 Å². The summed E-state index contributed by atoms with van der Waals surface area (Å²) in [6, 6.07) is 13.7. The molecule has 3 N–H and O–H groups in total. The molecule has 2 aromatic heterocycles. The maximum atomic E-state index is 9.29. The molecule has 0 bridgehead atoms. The van der Waals surface area contributed by atoms with Gasteiger partial charge in [-0.05, 0) is 65.6 Å². The molecule has 6 rings (SSSR count). The summed E-state index contributed by atoms with van der Waals surface area (Å²) in [6.45, 7) is 5.93. The van der Waals surface area contributed by atoms with Crippen molar-refractivity contribution in [1.29, 1.82) is 5.26 Å². The van der Waals surface area contributed by atoms with Crippen LogP contribution >= 0.6 is 0 Å². The van der Waals surface area contributed by atoms with Crippen LogP contribution in [-0.4, -0.2) is 47.5 Å². The monoisotopic (exact) mass is 507 g/mol. The van der Waals surface area contributed by atoms with Gasteiger partial charge in [0.25, 0.3) is 0 Å². The number of H-pyrrole nitrogens is 1. The van der Waals surface area contributed by atoms with Crippen molar-refractivity contribution in [1.82, 2.24) is 20.2 Å². The number of rotatable bonds is 5. The Balaban J connectivity index is 1.21. The number of piperidine rings is 1. The van der Waals surface area contributed by atoms with Gasteiger partial charge in [-0.15, -0.1) is 0 Å². The molecular weight excluding hydrogens is 478 g/mol. The van der Waals surface area contributed by atoms with Crippen molar-refractivity contribution in [3.8, 4) is 17.6 Å². The second-order valence-corrected chi connectivity index (χ2v) is 10.1. The van der Waals surface area contributed by atoms with Gasteiger partial charge in [-0.25, -0.2) is 9.97 Å². The fraction of sp³-hybridized carbons (Fsp3) is 0.310. The second-order valence-electron chi connectivity index (χ2n) is 10.1. The molecular formula is C29H29N7O2. The SMILES string of the molecule is C=C(c1cc(OC)cc(OC)c1)c1n[nH]c2nc(N3CCC4(CC3)Cc3ccc(C#N)cc3[C@H]4N)cnc12. The number of hydrogen-bond donors (Lipinski definition) is 2. The first-order chi connectivity index (χ1) is 18.4. The van der Waals surface area contributed by atoms with Crippen LogP contribution in [0.4, 0.5) is 5.82 Å². The van der Waals surface area contributed by atoms with Crippen molar-refractivity contribution in [2.24, 2.45) is 11.1 Å². The van der Waals surface area contributed by atoms with Gasteiger partial charge in [0, 0.05) is 30.8 Å². The fourth-order valence-corrected chi connectivity index (χ4v) is 5.88. The van der Waals surface area contributed by atoms with Crippen LogP contribution in [0.25, 0.3) is 16.7 Å². The highest BCUT2D eigenvalue weighted by Crippen LogP contribution is 2.51. The number of methoxy groups -OCH3 is 2. The summed E-state index contributed by atoms with van der Waals surface area (Å²) >= 11 is 0. The third kappa shape index (κ3) is 3.85. The Morgan fingerprint density at radius 2 is 1.89 bits per heavy atom. The third-order valence-corrected chi connectivity index (χ3v) is 8.14. The van der Waals surface area contributed by atoms with E-state index in [0.29, 0.717) is 39.5 Å². The zero-order valence-corrected chi connectivity index (χ0v) is 21.5. The highest BCUT2D eigenvalue weighted by Gasteiger charge is 2.46. The van der Waals surface area contributed by atoms with Crippen molar-refractivity contribution in [2.45, 2.75) is 25.3 Å². The quantitative estimate of drug-likeness (QED) is 0.413. The Kier molecular flexibility index (Phi) is 5.77. The summed E-state index contributed by atoms with van der Waals surface area (Å²) in [6.07, 6.45) is 4.66. The van der Waals surface area contributed by atoms with Gasteiger partial charge >= 0.3 is 0 Å². The summed E-state index contributed by atoms with van der Waals surface area (Å²) in [4.78, 5) is 11.8. The van der Waals surface area contributed by atoms with Crippen molar-refractivity contribution < 1.29 is 9.47 Å². The molecule has 1 aliphatic heterocycles. The zero-order chi connectivity index (χ0) is 26.4. The number of nitrogens with two attached hydrogens (primary N) is 1. The lowest BCUT2D eigenvalue weighted by molar-refractivity contribution is 0.187. The maximum absolute atomic E-state index is 9.29. The van der Waals surface area contributed by atoms with Crippen molar-refractivity contribution in [3.05, 3.63) is 77.1 Å². The molecule has 3 heterocycles. The lowest BCUT2D eigenvalue weighted by Gasteiger charge is -2.42. The number of hydrogen-bond acceptors (Lipinski definition) is 8.